The largest absolute Gasteiger partial charge is 0.323 e. The first-order valence-electron chi connectivity index (χ1n) is 6.92. The van der Waals surface area contributed by atoms with Gasteiger partial charge in [-0.15, -0.1) is 11.8 Å². The predicted octanol–water partition coefficient (Wildman–Crippen LogP) is 4.57. The summed E-state index contributed by atoms with van der Waals surface area (Å²) in [4.78, 5) is 0.921. The molecule has 0 radical (unpaired) electrons. The Bertz CT molecular complexity index is 556. The average molecular weight is 289 g/mol. The molecule has 0 spiro atoms. The summed E-state index contributed by atoms with van der Waals surface area (Å²) in [5.41, 5.74) is 8.71. The molecule has 2 aromatic carbocycles. The molecule has 0 fully saturated rings. The van der Waals surface area contributed by atoms with E-state index >= 15 is 0 Å². The smallest absolute Gasteiger partial charge is 0.124 e. The molecule has 1 atom stereocenters. The lowest BCUT2D eigenvalue weighted by Gasteiger charge is -2.13. The fraction of sp³-hybridized carbons (Fsp3) is 0.294. The molecule has 20 heavy (non-hydrogen) atoms. The molecule has 0 aromatic heterocycles. The van der Waals surface area contributed by atoms with Crippen molar-refractivity contribution < 1.29 is 4.39 Å². The Morgan fingerprint density at radius 3 is 2.70 bits per heavy atom. The standard InChI is InChI=1S/C17H20FNS/c1-2-5-13-6-3-7-14(10-13)17(19)12-20-16-9-4-8-15(18)11-16/h3-4,6-11,17H,2,5,12,19H2,1H3. The second-order valence-electron chi connectivity index (χ2n) is 4.87. The van der Waals surface area contributed by atoms with Gasteiger partial charge in [0.1, 0.15) is 5.82 Å². The highest BCUT2D eigenvalue weighted by Gasteiger charge is 2.07. The van der Waals surface area contributed by atoms with E-state index in [2.05, 4.69) is 31.2 Å². The van der Waals surface area contributed by atoms with Crippen LogP contribution in [-0.4, -0.2) is 5.75 Å². The number of rotatable bonds is 6. The zero-order valence-electron chi connectivity index (χ0n) is 11.7. The fourth-order valence-electron chi connectivity index (χ4n) is 2.11. The molecular weight excluding hydrogens is 269 g/mol. The van der Waals surface area contributed by atoms with E-state index in [9.17, 15) is 4.39 Å². The van der Waals surface area contributed by atoms with Gasteiger partial charge in [-0.05, 0) is 35.7 Å². The third-order valence-corrected chi connectivity index (χ3v) is 4.26. The maximum Gasteiger partial charge on any atom is 0.124 e. The van der Waals surface area contributed by atoms with Gasteiger partial charge >= 0.3 is 0 Å². The van der Waals surface area contributed by atoms with Gasteiger partial charge < -0.3 is 5.73 Å². The minimum absolute atomic E-state index is 0.0277. The van der Waals surface area contributed by atoms with Crippen LogP contribution in [0.2, 0.25) is 0 Å². The van der Waals surface area contributed by atoms with Crippen molar-refractivity contribution in [3.05, 3.63) is 65.5 Å². The lowest BCUT2D eigenvalue weighted by Crippen LogP contribution is -2.13. The lowest BCUT2D eigenvalue weighted by atomic mass is 10.0. The number of benzene rings is 2. The summed E-state index contributed by atoms with van der Waals surface area (Å²) in [5.74, 6) is 0.549. The van der Waals surface area contributed by atoms with Crippen molar-refractivity contribution >= 4 is 11.8 Å². The highest BCUT2D eigenvalue weighted by Crippen LogP contribution is 2.24. The van der Waals surface area contributed by atoms with Crippen LogP contribution in [0.1, 0.15) is 30.5 Å². The highest BCUT2D eigenvalue weighted by atomic mass is 32.2. The summed E-state index contributed by atoms with van der Waals surface area (Å²) >= 11 is 1.59. The van der Waals surface area contributed by atoms with Crippen LogP contribution in [0.3, 0.4) is 0 Å². The number of hydrogen-bond acceptors (Lipinski definition) is 2. The van der Waals surface area contributed by atoms with E-state index in [0.29, 0.717) is 0 Å². The van der Waals surface area contributed by atoms with Crippen molar-refractivity contribution in [1.82, 2.24) is 0 Å². The van der Waals surface area contributed by atoms with Crippen LogP contribution in [0.5, 0.6) is 0 Å². The second kappa shape index (κ2) is 7.46. The highest BCUT2D eigenvalue weighted by molar-refractivity contribution is 7.99. The van der Waals surface area contributed by atoms with Gasteiger partial charge in [-0.2, -0.15) is 0 Å². The molecule has 106 valence electrons. The first-order chi connectivity index (χ1) is 9.69. The van der Waals surface area contributed by atoms with Crippen molar-refractivity contribution in [2.24, 2.45) is 5.73 Å². The van der Waals surface area contributed by atoms with E-state index in [4.69, 9.17) is 5.73 Å². The van der Waals surface area contributed by atoms with E-state index in [0.717, 1.165) is 29.1 Å². The van der Waals surface area contributed by atoms with Crippen LogP contribution >= 0.6 is 11.8 Å². The Balaban J connectivity index is 1.97. The average Bonchev–Trinajstić information content (AvgIpc) is 2.45. The molecule has 3 heteroatoms. The number of halogens is 1. The minimum Gasteiger partial charge on any atom is -0.323 e. The lowest BCUT2D eigenvalue weighted by molar-refractivity contribution is 0.624. The summed E-state index contributed by atoms with van der Waals surface area (Å²) in [7, 11) is 0. The predicted molar refractivity (Wildman–Crippen MR) is 84.5 cm³/mol. The molecule has 2 N–H and O–H groups in total. The molecule has 2 aromatic rings. The molecule has 0 aliphatic rings. The van der Waals surface area contributed by atoms with Crippen molar-refractivity contribution in [3.63, 3.8) is 0 Å². The maximum absolute atomic E-state index is 13.1. The summed E-state index contributed by atoms with van der Waals surface area (Å²) in [6.07, 6.45) is 2.22. The van der Waals surface area contributed by atoms with Crippen LogP contribution in [0.4, 0.5) is 4.39 Å². The molecule has 1 nitrogen and oxygen atoms in total. The molecule has 2 rings (SSSR count). The van der Waals surface area contributed by atoms with Crippen LogP contribution in [0.15, 0.2) is 53.4 Å². The van der Waals surface area contributed by atoms with E-state index < -0.39 is 0 Å². The topological polar surface area (TPSA) is 26.0 Å². The van der Waals surface area contributed by atoms with E-state index in [-0.39, 0.29) is 11.9 Å². The molecule has 1 unspecified atom stereocenters. The number of nitrogens with two attached hydrogens (primary N) is 1. The summed E-state index contributed by atoms with van der Waals surface area (Å²) in [6.45, 7) is 2.17. The Kier molecular flexibility index (Phi) is 5.62. The fourth-order valence-corrected chi connectivity index (χ4v) is 3.04. The van der Waals surface area contributed by atoms with Crippen molar-refractivity contribution in [2.75, 3.05) is 5.75 Å². The van der Waals surface area contributed by atoms with Crippen LogP contribution < -0.4 is 5.73 Å². The van der Waals surface area contributed by atoms with Crippen LogP contribution in [-0.2, 0) is 6.42 Å². The molecule has 0 amide bonds. The third-order valence-electron chi connectivity index (χ3n) is 3.14. The Hall–Kier alpha value is -1.32. The Labute approximate surface area is 124 Å². The summed E-state index contributed by atoms with van der Waals surface area (Å²) in [5, 5.41) is 0. The van der Waals surface area contributed by atoms with Gasteiger partial charge in [0.05, 0.1) is 0 Å². The quantitative estimate of drug-likeness (QED) is 0.788. The van der Waals surface area contributed by atoms with E-state index in [1.807, 2.05) is 6.07 Å². The van der Waals surface area contributed by atoms with Gasteiger partial charge in [0.25, 0.3) is 0 Å². The van der Waals surface area contributed by atoms with Gasteiger partial charge in [0, 0.05) is 16.7 Å². The van der Waals surface area contributed by atoms with Crippen LogP contribution in [0, 0.1) is 5.82 Å². The molecule has 0 aliphatic carbocycles. The number of thioether (sulfide) groups is 1. The Morgan fingerprint density at radius 2 is 1.95 bits per heavy atom. The summed E-state index contributed by atoms with van der Waals surface area (Å²) in [6, 6.07) is 15.1. The number of hydrogen-bond donors (Lipinski definition) is 1. The van der Waals surface area contributed by atoms with Crippen LogP contribution in [0.25, 0.3) is 0 Å². The SMILES string of the molecule is CCCc1cccc(C(N)CSc2cccc(F)c2)c1. The molecule has 0 heterocycles. The first-order valence-corrected chi connectivity index (χ1v) is 7.90. The normalized spacial score (nSPS) is 12.3. The van der Waals surface area contributed by atoms with Crippen molar-refractivity contribution in [1.29, 1.82) is 0 Å². The molecular formula is C17H20FNS. The van der Waals surface area contributed by atoms with Gasteiger partial charge in [-0.3, -0.25) is 0 Å². The molecule has 0 saturated carbocycles. The first kappa shape index (κ1) is 15.1. The van der Waals surface area contributed by atoms with Crippen molar-refractivity contribution in [3.8, 4) is 0 Å². The maximum atomic E-state index is 13.1. The van der Waals surface area contributed by atoms with Crippen molar-refractivity contribution in [2.45, 2.75) is 30.7 Å². The molecule has 0 bridgehead atoms. The molecule has 0 saturated heterocycles. The summed E-state index contributed by atoms with van der Waals surface area (Å²) < 4.78 is 13.1. The van der Waals surface area contributed by atoms with Gasteiger partial charge in [-0.1, -0.05) is 43.7 Å². The van der Waals surface area contributed by atoms with Gasteiger partial charge in [0.2, 0.25) is 0 Å². The zero-order chi connectivity index (χ0) is 14.4. The second-order valence-corrected chi connectivity index (χ2v) is 5.96. The van der Waals surface area contributed by atoms with Gasteiger partial charge in [0.15, 0.2) is 0 Å². The third kappa shape index (κ3) is 4.36. The number of aryl methyl sites for hydroxylation is 1. The minimum atomic E-state index is -0.200. The van der Waals surface area contributed by atoms with Gasteiger partial charge in [-0.25, -0.2) is 4.39 Å². The van der Waals surface area contributed by atoms with E-state index in [1.54, 1.807) is 23.9 Å². The zero-order valence-corrected chi connectivity index (χ0v) is 12.5. The van der Waals surface area contributed by atoms with E-state index in [1.165, 1.54) is 11.6 Å². The Morgan fingerprint density at radius 1 is 1.15 bits per heavy atom. The molecule has 0 aliphatic heterocycles. The monoisotopic (exact) mass is 289 g/mol.